The standard InChI is InChI=1S/C9H14N2O2S/c1-2-3-8-14(12,13)11-9-6-4-5-7-10-9/h4-7H,2-3,8H2,1H3,(H,10,11). The zero-order chi connectivity index (χ0) is 10.4. The molecule has 0 atom stereocenters. The normalized spacial score (nSPS) is 11.2. The Morgan fingerprint density at radius 1 is 1.43 bits per heavy atom. The van der Waals surface area contributed by atoms with Gasteiger partial charge in [0.15, 0.2) is 0 Å². The van der Waals surface area contributed by atoms with Crippen LogP contribution in [0.5, 0.6) is 0 Å². The van der Waals surface area contributed by atoms with Gasteiger partial charge >= 0.3 is 0 Å². The Kier molecular flexibility index (Phi) is 3.88. The van der Waals surface area contributed by atoms with Crippen molar-refractivity contribution in [2.24, 2.45) is 0 Å². The lowest BCUT2D eigenvalue weighted by molar-refractivity contribution is 0.597. The summed E-state index contributed by atoms with van der Waals surface area (Å²) >= 11 is 0. The van der Waals surface area contributed by atoms with E-state index in [4.69, 9.17) is 0 Å². The predicted octanol–water partition coefficient (Wildman–Crippen LogP) is 1.62. The lowest BCUT2D eigenvalue weighted by Crippen LogP contribution is -2.17. The van der Waals surface area contributed by atoms with E-state index in [1.54, 1.807) is 24.4 Å². The third kappa shape index (κ3) is 3.74. The quantitative estimate of drug-likeness (QED) is 0.810. The first-order chi connectivity index (χ1) is 6.64. The molecular formula is C9H14N2O2S. The Balaban J connectivity index is 2.60. The second kappa shape index (κ2) is 4.95. The molecule has 78 valence electrons. The van der Waals surface area contributed by atoms with Crippen molar-refractivity contribution < 1.29 is 8.42 Å². The number of hydrogen-bond acceptors (Lipinski definition) is 3. The average molecular weight is 214 g/mol. The van der Waals surface area contributed by atoms with Crippen LogP contribution in [0.2, 0.25) is 0 Å². The van der Waals surface area contributed by atoms with Crippen LogP contribution >= 0.6 is 0 Å². The zero-order valence-electron chi connectivity index (χ0n) is 8.10. The van der Waals surface area contributed by atoms with Gasteiger partial charge in [0.2, 0.25) is 10.0 Å². The molecule has 1 aromatic heterocycles. The Morgan fingerprint density at radius 2 is 2.21 bits per heavy atom. The van der Waals surface area contributed by atoms with Crippen LogP contribution in [0.25, 0.3) is 0 Å². The SMILES string of the molecule is CCCCS(=O)(=O)Nc1ccccn1. The summed E-state index contributed by atoms with van der Waals surface area (Å²) in [7, 11) is -3.21. The highest BCUT2D eigenvalue weighted by Gasteiger charge is 2.09. The maximum Gasteiger partial charge on any atom is 0.233 e. The molecule has 0 amide bonds. The molecule has 14 heavy (non-hydrogen) atoms. The molecule has 5 heteroatoms. The van der Waals surface area contributed by atoms with Crippen LogP contribution in [0.15, 0.2) is 24.4 Å². The van der Waals surface area contributed by atoms with Gasteiger partial charge in [0.25, 0.3) is 0 Å². The molecular weight excluding hydrogens is 200 g/mol. The number of unbranched alkanes of at least 4 members (excludes halogenated alkanes) is 1. The van der Waals surface area contributed by atoms with Crippen molar-refractivity contribution in [2.75, 3.05) is 10.5 Å². The molecule has 0 spiro atoms. The number of pyridine rings is 1. The Morgan fingerprint density at radius 3 is 2.79 bits per heavy atom. The number of nitrogens with zero attached hydrogens (tertiary/aromatic N) is 1. The largest absolute Gasteiger partial charge is 0.267 e. The van der Waals surface area contributed by atoms with E-state index in [9.17, 15) is 8.42 Å². The number of aromatic nitrogens is 1. The molecule has 0 aliphatic carbocycles. The molecule has 1 N–H and O–H groups in total. The maximum atomic E-state index is 11.4. The second-order valence-electron chi connectivity index (χ2n) is 2.99. The van der Waals surface area contributed by atoms with Crippen LogP contribution in [0.3, 0.4) is 0 Å². The highest BCUT2D eigenvalue weighted by molar-refractivity contribution is 7.92. The van der Waals surface area contributed by atoms with Crippen LogP contribution in [-0.2, 0) is 10.0 Å². The van der Waals surface area contributed by atoms with Crippen molar-refractivity contribution in [3.05, 3.63) is 24.4 Å². The first-order valence-electron chi connectivity index (χ1n) is 4.55. The topological polar surface area (TPSA) is 59.1 Å². The van der Waals surface area contributed by atoms with Crippen molar-refractivity contribution >= 4 is 15.8 Å². The van der Waals surface area contributed by atoms with Gasteiger partial charge in [-0.2, -0.15) is 0 Å². The molecule has 0 saturated heterocycles. The summed E-state index contributed by atoms with van der Waals surface area (Å²) in [5.41, 5.74) is 0. The molecule has 0 radical (unpaired) electrons. The minimum absolute atomic E-state index is 0.153. The van der Waals surface area contributed by atoms with Crippen molar-refractivity contribution in [1.82, 2.24) is 4.98 Å². The minimum Gasteiger partial charge on any atom is -0.267 e. The van der Waals surface area contributed by atoms with Gasteiger partial charge in [0, 0.05) is 6.20 Å². The molecule has 0 aliphatic heterocycles. The zero-order valence-corrected chi connectivity index (χ0v) is 8.92. The number of anilines is 1. The van der Waals surface area contributed by atoms with Gasteiger partial charge in [-0.25, -0.2) is 13.4 Å². The summed E-state index contributed by atoms with van der Waals surface area (Å²) in [5.74, 6) is 0.531. The summed E-state index contributed by atoms with van der Waals surface area (Å²) in [6, 6.07) is 5.11. The molecule has 1 rings (SSSR count). The third-order valence-corrected chi connectivity index (χ3v) is 3.04. The summed E-state index contributed by atoms with van der Waals surface area (Å²) < 4.78 is 25.2. The van der Waals surface area contributed by atoms with Gasteiger partial charge in [-0.1, -0.05) is 19.4 Å². The van der Waals surface area contributed by atoms with Crippen LogP contribution in [-0.4, -0.2) is 19.2 Å². The smallest absolute Gasteiger partial charge is 0.233 e. The van der Waals surface area contributed by atoms with Crippen LogP contribution in [0.1, 0.15) is 19.8 Å². The van der Waals surface area contributed by atoms with Gasteiger partial charge in [0.1, 0.15) is 5.82 Å². The molecule has 0 bridgehead atoms. The van der Waals surface area contributed by atoms with Crippen molar-refractivity contribution in [3.63, 3.8) is 0 Å². The van der Waals surface area contributed by atoms with E-state index in [0.29, 0.717) is 12.2 Å². The van der Waals surface area contributed by atoms with E-state index in [1.165, 1.54) is 0 Å². The third-order valence-electron chi connectivity index (χ3n) is 1.69. The Bertz CT molecular complexity index is 362. The fourth-order valence-corrected chi connectivity index (χ4v) is 2.18. The van der Waals surface area contributed by atoms with Crippen LogP contribution < -0.4 is 4.72 Å². The molecule has 0 saturated carbocycles. The van der Waals surface area contributed by atoms with Crippen LogP contribution in [0, 0.1) is 0 Å². The van der Waals surface area contributed by atoms with Gasteiger partial charge in [0.05, 0.1) is 5.75 Å². The molecule has 0 aromatic carbocycles. The minimum atomic E-state index is -3.21. The van der Waals surface area contributed by atoms with E-state index < -0.39 is 10.0 Å². The first kappa shape index (κ1) is 11.0. The molecule has 1 aromatic rings. The monoisotopic (exact) mass is 214 g/mol. The lowest BCUT2D eigenvalue weighted by atomic mass is 10.4. The Labute approximate surface area is 84.4 Å². The highest BCUT2D eigenvalue weighted by atomic mass is 32.2. The second-order valence-corrected chi connectivity index (χ2v) is 4.83. The van der Waals surface area contributed by atoms with Gasteiger partial charge in [-0.15, -0.1) is 0 Å². The summed E-state index contributed by atoms with van der Waals surface area (Å²) in [6.45, 7) is 1.95. The fourth-order valence-electron chi connectivity index (χ4n) is 0.968. The van der Waals surface area contributed by atoms with E-state index >= 15 is 0 Å². The number of hydrogen-bond donors (Lipinski definition) is 1. The summed E-state index contributed by atoms with van der Waals surface area (Å²) in [6.07, 6.45) is 3.09. The number of rotatable bonds is 5. The molecule has 0 fully saturated rings. The lowest BCUT2D eigenvalue weighted by Gasteiger charge is -2.05. The van der Waals surface area contributed by atoms with Gasteiger partial charge in [-0.3, -0.25) is 4.72 Å². The van der Waals surface area contributed by atoms with Crippen molar-refractivity contribution in [1.29, 1.82) is 0 Å². The van der Waals surface area contributed by atoms with Crippen LogP contribution in [0.4, 0.5) is 5.82 Å². The molecule has 0 aliphatic rings. The average Bonchev–Trinajstić information content (AvgIpc) is 2.16. The van der Waals surface area contributed by atoms with Gasteiger partial charge in [-0.05, 0) is 18.6 Å². The highest BCUT2D eigenvalue weighted by Crippen LogP contribution is 2.05. The van der Waals surface area contributed by atoms with Gasteiger partial charge < -0.3 is 0 Å². The van der Waals surface area contributed by atoms with Crippen molar-refractivity contribution in [2.45, 2.75) is 19.8 Å². The van der Waals surface area contributed by atoms with E-state index in [-0.39, 0.29) is 5.75 Å². The first-order valence-corrected chi connectivity index (χ1v) is 6.21. The van der Waals surface area contributed by atoms with E-state index in [1.807, 2.05) is 6.92 Å². The number of nitrogens with one attached hydrogen (secondary N) is 1. The molecule has 1 heterocycles. The van der Waals surface area contributed by atoms with E-state index in [0.717, 1.165) is 6.42 Å². The summed E-state index contributed by atoms with van der Waals surface area (Å²) in [5, 5.41) is 0. The number of sulfonamides is 1. The molecule has 4 nitrogen and oxygen atoms in total. The predicted molar refractivity (Wildman–Crippen MR) is 56.6 cm³/mol. The van der Waals surface area contributed by atoms with Crippen molar-refractivity contribution in [3.8, 4) is 0 Å². The molecule has 0 unspecified atom stereocenters. The van der Waals surface area contributed by atoms with E-state index in [2.05, 4.69) is 9.71 Å². The Hall–Kier alpha value is -1.10. The summed E-state index contributed by atoms with van der Waals surface area (Å²) in [4.78, 5) is 3.88. The maximum absolute atomic E-state index is 11.4. The fraction of sp³-hybridized carbons (Fsp3) is 0.444.